The van der Waals surface area contributed by atoms with Crippen molar-refractivity contribution in [3.8, 4) is 11.5 Å². The number of anilines is 1. The molecule has 166 valence electrons. The number of hydrogen-bond donors (Lipinski definition) is 1. The molecule has 0 bridgehead atoms. The lowest BCUT2D eigenvalue weighted by atomic mass is 10.1. The van der Waals surface area contributed by atoms with E-state index >= 15 is 0 Å². The van der Waals surface area contributed by atoms with Gasteiger partial charge < -0.3 is 14.8 Å². The third-order valence-corrected chi connectivity index (χ3v) is 6.05. The van der Waals surface area contributed by atoms with Gasteiger partial charge in [0.2, 0.25) is 15.9 Å². The summed E-state index contributed by atoms with van der Waals surface area (Å²) >= 11 is 0. The zero-order chi connectivity index (χ0) is 22.8. The maximum absolute atomic E-state index is 12.9. The molecule has 0 spiro atoms. The SMILES string of the molecule is C[C@@H](NC(=O)[C@H](C)N(c1cccc([N+](=O)[O-])c1)S(C)(=O)=O)c1ccc2c(c1)OCCO2. The number of nitro groups is 1. The van der Waals surface area contributed by atoms with Crippen molar-refractivity contribution in [3.05, 3.63) is 58.1 Å². The number of hydrogen-bond acceptors (Lipinski definition) is 7. The molecule has 0 saturated heterocycles. The Balaban J connectivity index is 1.82. The average Bonchev–Trinajstić information content (AvgIpc) is 2.72. The molecule has 1 N–H and O–H groups in total. The predicted molar refractivity (Wildman–Crippen MR) is 114 cm³/mol. The highest BCUT2D eigenvalue weighted by Crippen LogP contribution is 2.33. The second-order valence-electron chi connectivity index (χ2n) is 7.15. The van der Waals surface area contributed by atoms with Gasteiger partial charge in [-0.2, -0.15) is 0 Å². The molecular formula is C20H23N3O7S. The van der Waals surface area contributed by atoms with E-state index in [1.807, 2.05) is 0 Å². The molecule has 0 aliphatic carbocycles. The Bertz CT molecular complexity index is 1100. The highest BCUT2D eigenvalue weighted by molar-refractivity contribution is 7.92. The minimum absolute atomic E-state index is 0.0336. The Morgan fingerprint density at radius 3 is 2.45 bits per heavy atom. The number of nitrogens with one attached hydrogen (secondary N) is 1. The molecule has 0 unspecified atom stereocenters. The standard InChI is InChI=1S/C20H23N3O7S/c1-13(15-7-8-18-19(11-15)30-10-9-29-18)21-20(24)14(2)22(31(3,27)28)16-5-4-6-17(12-16)23(25)26/h4-8,11-14H,9-10H2,1-3H3,(H,21,24)/t13-,14+/m1/s1. The number of ether oxygens (including phenoxy) is 2. The van der Waals surface area contributed by atoms with Crippen LogP contribution in [-0.4, -0.2) is 44.8 Å². The predicted octanol–water partition coefficient (Wildman–Crippen LogP) is 2.40. The zero-order valence-corrected chi connectivity index (χ0v) is 18.1. The van der Waals surface area contributed by atoms with E-state index in [9.17, 15) is 23.3 Å². The summed E-state index contributed by atoms with van der Waals surface area (Å²) in [5.74, 6) is 0.641. The first-order chi connectivity index (χ1) is 14.6. The minimum atomic E-state index is -3.90. The summed E-state index contributed by atoms with van der Waals surface area (Å²) in [7, 11) is -3.90. The second-order valence-corrected chi connectivity index (χ2v) is 9.00. The van der Waals surface area contributed by atoms with Gasteiger partial charge in [-0.25, -0.2) is 8.42 Å². The number of sulfonamides is 1. The Morgan fingerprint density at radius 1 is 1.13 bits per heavy atom. The molecule has 2 aromatic carbocycles. The van der Waals surface area contributed by atoms with Gasteiger partial charge in [0, 0.05) is 12.1 Å². The van der Waals surface area contributed by atoms with Crippen molar-refractivity contribution in [2.75, 3.05) is 23.8 Å². The highest BCUT2D eigenvalue weighted by atomic mass is 32.2. The number of nitrogens with zero attached hydrogens (tertiary/aromatic N) is 2. The maximum atomic E-state index is 12.9. The number of fused-ring (bicyclic) bond motifs is 1. The van der Waals surface area contributed by atoms with Crippen LogP contribution in [0.15, 0.2) is 42.5 Å². The van der Waals surface area contributed by atoms with Crippen molar-refractivity contribution in [2.45, 2.75) is 25.9 Å². The van der Waals surface area contributed by atoms with Crippen LogP contribution in [0.4, 0.5) is 11.4 Å². The van der Waals surface area contributed by atoms with Crippen molar-refractivity contribution >= 4 is 27.3 Å². The maximum Gasteiger partial charge on any atom is 0.271 e. The van der Waals surface area contributed by atoms with Gasteiger partial charge in [0.05, 0.1) is 22.9 Å². The fraction of sp³-hybridized carbons (Fsp3) is 0.350. The molecule has 1 aliphatic rings. The number of carbonyl (C=O) groups is 1. The molecule has 31 heavy (non-hydrogen) atoms. The van der Waals surface area contributed by atoms with E-state index in [-0.39, 0.29) is 11.4 Å². The third kappa shape index (κ3) is 5.05. The Morgan fingerprint density at radius 2 is 1.81 bits per heavy atom. The van der Waals surface area contributed by atoms with E-state index in [0.29, 0.717) is 24.7 Å². The first kappa shape index (κ1) is 22.3. The molecule has 10 nitrogen and oxygen atoms in total. The summed E-state index contributed by atoms with van der Waals surface area (Å²) in [5.41, 5.74) is 0.515. The molecule has 0 radical (unpaired) electrons. The minimum Gasteiger partial charge on any atom is -0.486 e. The molecule has 1 aliphatic heterocycles. The largest absolute Gasteiger partial charge is 0.486 e. The van der Waals surface area contributed by atoms with E-state index in [1.54, 1.807) is 25.1 Å². The van der Waals surface area contributed by atoms with Crippen LogP contribution in [0, 0.1) is 10.1 Å². The van der Waals surface area contributed by atoms with E-state index < -0.39 is 32.9 Å². The monoisotopic (exact) mass is 449 g/mol. The second kappa shape index (κ2) is 8.80. The first-order valence-electron chi connectivity index (χ1n) is 9.51. The number of carbonyl (C=O) groups excluding carboxylic acids is 1. The molecule has 2 aromatic rings. The van der Waals surface area contributed by atoms with Crippen LogP contribution >= 0.6 is 0 Å². The van der Waals surface area contributed by atoms with Crippen LogP contribution in [-0.2, 0) is 14.8 Å². The van der Waals surface area contributed by atoms with Gasteiger partial charge in [-0.3, -0.25) is 19.2 Å². The van der Waals surface area contributed by atoms with Gasteiger partial charge in [-0.1, -0.05) is 12.1 Å². The number of benzene rings is 2. The van der Waals surface area contributed by atoms with Crippen LogP contribution in [0.1, 0.15) is 25.5 Å². The lowest BCUT2D eigenvalue weighted by Crippen LogP contribution is -2.48. The van der Waals surface area contributed by atoms with Crippen molar-refractivity contribution in [3.63, 3.8) is 0 Å². The Kier molecular flexibility index (Phi) is 6.34. The van der Waals surface area contributed by atoms with Gasteiger partial charge in [0.15, 0.2) is 11.5 Å². The lowest BCUT2D eigenvalue weighted by Gasteiger charge is -2.29. The summed E-state index contributed by atoms with van der Waals surface area (Å²) in [6, 6.07) is 8.86. The van der Waals surface area contributed by atoms with E-state index in [1.165, 1.54) is 25.1 Å². The van der Waals surface area contributed by atoms with Gasteiger partial charge in [-0.15, -0.1) is 0 Å². The van der Waals surface area contributed by atoms with Crippen molar-refractivity contribution in [2.24, 2.45) is 0 Å². The van der Waals surface area contributed by atoms with E-state index in [2.05, 4.69) is 5.32 Å². The van der Waals surface area contributed by atoms with Crippen LogP contribution in [0.3, 0.4) is 0 Å². The molecule has 1 amide bonds. The van der Waals surface area contributed by atoms with Gasteiger partial charge in [0.25, 0.3) is 5.69 Å². The van der Waals surface area contributed by atoms with E-state index in [0.717, 1.165) is 22.2 Å². The molecule has 11 heteroatoms. The molecule has 2 atom stereocenters. The van der Waals surface area contributed by atoms with Crippen molar-refractivity contribution in [1.82, 2.24) is 5.32 Å². The summed E-state index contributed by atoms with van der Waals surface area (Å²) < 4.78 is 36.8. The lowest BCUT2D eigenvalue weighted by molar-refractivity contribution is -0.384. The number of rotatable bonds is 7. The fourth-order valence-electron chi connectivity index (χ4n) is 3.30. The molecule has 0 aromatic heterocycles. The van der Waals surface area contributed by atoms with Crippen LogP contribution < -0.4 is 19.1 Å². The van der Waals surface area contributed by atoms with Crippen LogP contribution in [0.5, 0.6) is 11.5 Å². The van der Waals surface area contributed by atoms with Crippen LogP contribution in [0.2, 0.25) is 0 Å². The van der Waals surface area contributed by atoms with Crippen molar-refractivity contribution in [1.29, 1.82) is 0 Å². The molecule has 1 heterocycles. The van der Waals surface area contributed by atoms with Gasteiger partial charge in [-0.05, 0) is 37.6 Å². The van der Waals surface area contributed by atoms with Crippen LogP contribution in [0.25, 0.3) is 0 Å². The third-order valence-electron chi connectivity index (χ3n) is 4.81. The first-order valence-corrected chi connectivity index (χ1v) is 11.4. The average molecular weight is 449 g/mol. The summed E-state index contributed by atoms with van der Waals surface area (Å²) in [6.07, 6.45) is 0.944. The molecular weight excluding hydrogens is 426 g/mol. The molecule has 0 fully saturated rings. The summed E-state index contributed by atoms with van der Waals surface area (Å²) in [6.45, 7) is 4.08. The zero-order valence-electron chi connectivity index (χ0n) is 17.3. The summed E-state index contributed by atoms with van der Waals surface area (Å²) in [5, 5.41) is 13.9. The summed E-state index contributed by atoms with van der Waals surface area (Å²) in [4.78, 5) is 23.3. The fourth-order valence-corrected chi connectivity index (χ4v) is 4.47. The number of nitro benzene ring substituents is 1. The topological polar surface area (TPSA) is 128 Å². The molecule has 0 saturated carbocycles. The normalized spacial score (nSPS) is 14.9. The van der Waals surface area contributed by atoms with E-state index in [4.69, 9.17) is 9.47 Å². The quantitative estimate of drug-likeness (QED) is 0.508. The molecule has 3 rings (SSSR count). The van der Waals surface area contributed by atoms with Gasteiger partial charge >= 0.3 is 0 Å². The van der Waals surface area contributed by atoms with Crippen molar-refractivity contribution < 1.29 is 27.6 Å². The highest BCUT2D eigenvalue weighted by Gasteiger charge is 2.31. The number of non-ortho nitro benzene ring substituents is 1. The number of amides is 1. The Hall–Kier alpha value is -3.34. The Labute approximate surface area is 180 Å². The van der Waals surface area contributed by atoms with Gasteiger partial charge in [0.1, 0.15) is 19.3 Å². The smallest absolute Gasteiger partial charge is 0.271 e.